The summed E-state index contributed by atoms with van der Waals surface area (Å²) in [5, 5.41) is 55.0. The molecule has 3 heterocycles. The number of amides is 1. The summed E-state index contributed by atoms with van der Waals surface area (Å²) in [6.07, 6.45) is -10.5. The third-order valence-electron chi connectivity index (χ3n) is 4.80. The first kappa shape index (κ1) is 18.9. The molecule has 3 aliphatic heterocycles. The normalized spacial score (nSPS) is 52.4. The lowest BCUT2D eigenvalue weighted by atomic mass is 9.97. The number of hydrogen-bond acceptors (Lipinski definition) is 10. The number of carbonyl (C=O) groups is 1. The third-order valence-corrected chi connectivity index (χ3v) is 4.80. The number of nitrogens with one attached hydrogen (secondary N) is 2. The zero-order valence-electron chi connectivity index (χ0n) is 13.8. The highest BCUT2D eigenvalue weighted by atomic mass is 16.7. The van der Waals surface area contributed by atoms with Crippen LogP contribution in [-0.4, -0.2) is 99.0 Å². The minimum atomic E-state index is -1.48. The number of aliphatic hydroxyl groups is 5. The van der Waals surface area contributed by atoms with Crippen molar-refractivity contribution in [1.82, 2.24) is 10.6 Å². The topological polar surface area (TPSA) is 180 Å². The molecule has 25 heavy (non-hydrogen) atoms. The van der Waals surface area contributed by atoms with Crippen molar-refractivity contribution in [1.29, 1.82) is 0 Å². The molecule has 3 aliphatic rings. The van der Waals surface area contributed by atoms with E-state index in [4.69, 9.17) is 14.2 Å². The third kappa shape index (κ3) is 3.27. The highest BCUT2D eigenvalue weighted by Crippen LogP contribution is 2.37. The summed E-state index contributed by atoms with van der Waals surface area (Å²) in [7, 11) is 0. The first-order valence-corrected chi connectivity index (χ1v) is 8.06. The molecule has 0 aromatic carbocycles. The summed E-state index contributed by atoms with van der Waals surface area (Å²) in [4.78, 5) is 11.2. The van der Waals surface area contributed by atoms with Crippen LogP contribution in [0.5, 0.6) is 0 Å². The highest BCUT2D eigenvalue weighted by Gasteiger charge is 2.67. The Bertz CT molecular complexity index is 523. The van der Waals surface area contributed by atoms with Crippen LogP contribution in [0.1, 0.15) is 13.8 Å². The van der Waals surface area contributed by atoms with Crippen LogP contribution in [-0.2, 0) is 19.0 Å². The van der Waals surface area contributed by atoms with Crippen LogP contribution in [0.3, 0.4) is 0 Å². The molecule has 7 N–H and O–H groups in total. The molecule has 3 rings (SSSR count). The number of fused-ring (bicyclic) bond motifs is 1. The monoisotopic (exact) mass is 364 g/mol. The van der Waals surface area contributed by atoms with Crippen molar-refractivity contribution < 1.29 is 44.5 Å². The van der Waals surface area contributed by atoms with Crippen molar-refractivity contribution in [2.75, 3.05) is 6.61 Å². The lowest BCUT2D eigenvalue weighted by molar-refractivity contribution is -0.302. The van der Waals surface area contributed by atoms with Gasteiger partial charge in [-0.1, -0.05) is 0 Å². The highest BCUT2D eigenvalue weighted by molar-refractivity contribution is 5.74. The fraction of sp³-hybridized carbons (Fsp3) is 0.929. The predicted molar refractivity (Wildman–Crippen MR) is 78.7 cm³/mol. The number of aliphatic hydroxyl groups excluding tert-OH is 5. The second-order valence-electron chi connectivity index (χ2n) is 6.70. The quantitative estimate of drug-likeness (QED) is 0.241. The van der Waals surface area contributed by atoms with Gasteiger partial charge in [0.1, 0.15) is 42.9 Å². The van der Waals surface area contributed by atoms with Gasteiger partial charge in [0.15, 0.2) is 12.0 Å². The summed E-state index contributed by atoms with van der Waals surface area (Å²) in [5.74, 6) is -0.389. The van der Waals surface area contributed by atoms with Gasteiger partial charge >= 0.3 is 0 Å². The van der Waals surface area contributed by atoms with Gasteiger partial charge in [-0.15, -0.1) is 0 Å². The van der Waals surface area contributed by atoms with Crippen LogP contribution >= 0.6 is 0 Å². The smallest absolute Gasteiger partial charge is 0.218 e. The zero-order chi connectivity index (χ0) is 18.5. The standard InChI is InChI=1S/C14H24N2O9/c1-4-7(18)9(20)10(21)12(24-4)23-3-6-8(19)11(22)14(15-5(2)17)13(16-14)25-6/h4,6-13,16,18-22H,3H2,1-2H3,(H,15,17)/t4-,6-,7-,8-,9-,10+,11+,12+,13+,14+/m1/s1. The summed E-state index contributed by atoms with van der Waals surface area (Å²) in [6.45, 7) is 2.55. The van der Waals surface area contributed by atoms with Crippen LogP contribution in [0, 0.1) is 0 Å². The molecular weight excluding hydrogens is 340 g/mol. The Labute approximate surface area is 143 Å². The molecule has 11 heteroatoms. The molecule has 0 bridgehead atoms. The number of carbonyl (C=O) groups excluding carboxylic acids is 1. The van der Waals surface area contributed by atoms with E-state index in [1.165, 1.54) is 13.8 Å². The number of rotatable bonds is 4. The first-order chi connectivity index (χ1) is 11.7. The van der Waals surface area contributed by atoms with Gasteiger partial charge < -0.3 is 45.1 Å². The van der Waals surface area contributed by atoms with Crippen LogP contribution in [0.2, 0.25) is 0 Å². The van der Waals surface area contributed by atoms with E-state index >= 15 is 0 Å². The maximum absolute atomic E-state index is 11.2. The van der Waals surface area contributed by atoms with Crippen molar-refractivity contribution in [3.8, 4) is 0 Å². The summed E-state index contributed by atoms with van der Waals surface area (Å²) >= 11 is 0. The van der Waals surface area contributed by atoms with E-state index in [9.17, 15) is 30.3 Å². The summed E-state index contributed by atoms with van der Waals surface area (Å²) < 4.78 is 16.2. The molecular formula is C14H24N2O9. The lowest BCUT2D eigenvalue weighted by Gasteiger charge is -2.40. The molecule has 0 radical (unpaired) electrons. The summed E-state index contributed by atoms with van der Waals surface area (Å²) in [6, 6.07) is 0. The van der Waals surface area contributed by atoms with Gasteiger partial charge in [-0.2, -0.15) is 0 Å². The van der Waals surface area contributed by atoms with Gasteiger partial charge in [0.25, 0.3) is 0 Å². The molecule has 0 aromatic rings. The van der Waals surface area contributed by atoms with Crippen LogP contribution < -0.4 is 10.6 Å². The largest absolute Gasteiger partial charge is 0.388 e. The van der Waals surface area contributed by atoms with Crippen molar-refractivity contribution in [2.45, 2.75) is 74.8 Å². The molecule has 11 nitrogen and oxygen atoms in total. The molecule has 144 valence electrons. The second-order valence-corrected chi connectivity index (χ2v) is 6.70. The van der Waals surface area contributed by atoms with E-state index in [1.54, 1.807) is 0 Å². The van der Waals surface area contributed by atoms with Crippen molar-refractivity contribution in [2.24, 2.45) is 0 Å². The maximum atomic E-state index is 11.2. The molecule has 3 saturated heterocycles. The van der Waals surface area contributed by atoms with Crippen LogP contribution in [0.4, 0.5) is 0 Å². The Balaban J connectivity index is 1.57. The molecule has 0 unspecified atom stereocenters. The zero-order valence-corrected chi connectivity index (χ0v) is 13.8. The minimum absolute atomic E-state index is 0.246. The molecule has 10 atom stereocenters. The van der Waals surface area contributed by atoms with Gasteiger partial charge in [0.05, 0.1) is 12.7 Å². The van der Waals surface area contributed by atoms with E-state index in [2.05, 4.69) is 10.6 Å². The number of hydrogen-bond donors (Lipinski definition) is 7. The summed E-state index contributed by atoms with van der Waals surface area (Å²) in [5.41, 5.74) is -1.22. The average Bonchev–Trinajstić information content (AvgIpc) is 3.25. The van der Waals surface area contributed by atoms with E-state index in [0.717, 1.165) is 0 Å². The predicted octanol–water partition coefficient (Wildman–Crippen LogP) is -4.29. The minimum Gasteiger partial charge on any atom is -0.388 e. The Morgan fingerprint density at radius 1 is 1.12 bits per heavy atom. The Morgan fingerprint density at radius 3 is 2.44 bits per heavy atom. The van der Waals surface area contributed by atoms with E-state index in [0.29, 0.717) is 0 Å². The Morgan fingerprint density at radius 2 is 1.80 bits per heavy atom. The van der Waals surface area contributed by atoms with Crippen LogP contribution in [0.15, 0.2) is 0 Å². The van der Waals surface area contributed by atoms with Gasteiger partial charge in [-0.25, -0.2) is 0 Å². The van der Waals surface area contributed by atoms with Crippen molar-refractivity contribution in [3.63, 3.8) is 0 Å². The van der Waals surface area contributed by atoms with Gasteiger partial charge in [-0.3, -0.25) is 10.1 Å². The van der Waals surface area contributed by atoms with Gasteiger partial charge in [-0.05, 0) is 6.92 Å². The fourth-order valence-corrected chi connectivity index (χ4v) is 3.23. The number of ether oxygens (including phenoxy) is 3. The fourth-order valence-electron chi connectivity index (χ4n) is 3.23. The Hall–Kier alpha value is -0.890. The molecule has 0 aliphatic carbocycles. The van der Waals surface area contributed by atoms with E-state index in [1.807, 2.05) is 0 Å². The maximum Gasteiger partial charge on any atom is 0.218 e. The average molecular weight is 364 g/mol. The van der Waals surface area contributed by atoms with Gasteiger partial charge in [0.2, 0.25) is 5.91 Å². The van der Waals surface area contributed by atoms with Crippen molar-refractivity contribution in [3.05, 3.63) is 0 Å². The van der Waals surface area contributed by atoms with E-state index in [-0.39, 0.29) is 12.5 Å². The second kappa shape index (κ2) is 6.68. The molecule has 0 spiro atoms. The molecule has 0 aromatic heterocycles. The first-order valence-electron chi connectivity index (χ1n) is 8.06. The van der Waals surface area contributed by atoms with Crippen molar-refractivity contribution >= 4 is 5.91 Å². The van der Waals surface area contributed by atoms with Gasteiger partial charge in [0, 0.05) is 6.92 Å². The molecule has 3 fully saturated rings. The van der Waals surface area contributed by atoms with E-state index < -0.39 is 60.9 Å². The SMILES string of the molecule is CC(=O)N[C@@]12N[C@H]1O[C@H](CO[C@H]1O[C@H](C)[C@@H](O)[C@@H](O)[C@@H]1O)[C@@H](O)[C@@H]2O. The Kier molecular flexibility index (Phi) is 5.05. The molecule has 0 saturated carbocycles. The van der Waals surface area contributed by atoms with Crippen LogP contribution in [0.25, 0.3) is 0 Å². The lowest BCUT2D eigenvalue weighted by Crippen LogP contribution is -2.62. The molecule has 1 amide bonds.